The molecule has 0 radical (unpaired) electrons. The number of benzene rings is 1. The third kappa shape index (κ3) is 3.54. The highest BCUT2D eigenvalue weighted by molar-refractivity contribution is 7.92. The fraction of sp³-hybridized carbons (Fsp3) is 0.462. The standard InChI is InChI=1S/C13H18N2O3S/c14-6-8-19(17,18)10-13(16)15-7-5-11-3-1-2-4-12(11)9-15/h1-4H,5-10,14H2. The molecule has 0 saturated carbocycles. The fourth-order valence-corrected chi connectivity index (χ4v) is 3.30. The van der Waals surface area contributed by atoms with Crippen molar-refractivity contribution in [1.82, 2.24) is 4.90 Å². The van der Waals surface area contributed by atoms with Gasteiger partial charge < -0.3 is 10.6 Å². The molecular weight excluding hydrogens is 264 g/mol. The van der Waals surface area contributed by atoms with Crippen LogP contribution in [0.5, 0.6) is 0 Å². The molecule has 0 unspecified atom stereocenters. The number of hydrogen-bond acceptors (Lipinski definition) is 4. The second-order valence-electron chi connectivity index (χ2n) is 4.71. The normalized spacial score (nSPS) is 15.1. The van der Waals surface area contributed by atoms with Crippen LogP contribution in [0.4, 0.5) is 0 Å². The van der Waals surface area contributed by atoms with Crippen LogP contribution < -0.4 is 5.73 Å². The van der Waals surface area contributed by atoms with Gasteiger partial charge in [0.15, 0.2) is 9.84 Å². The summed E-state index contributed by atoms with van der Waals surface area (Å²) in [5, 5.41) is 0. The molecule has 1 aliphatic heterocycles. The molecule has 0 saturated heterocycles. The van der Waals surface area contributed by atoms with E-state index in [0.29, 0.717) is 13.1 Å². The van der Waals surface area contributed by atoms with Crippen molar-refractivity contribution in [2.45, 2.75) is 13.0 Å². The van der Waals surface area contributed by atoms with E-state index in [0.717, 1.165) is 12.0 Å². The minimum absolute atomic E-state index is 0.0540. The van der Waals surface area contributed by atoms with Crippen molar-refractivity contribution in [2.75, 3.05) is 24.6 Å². The van der Waals surface area contributed by atoms with Crippen LogP contribution in [0, 0.1) is 0 Å². The Morgan fingerprint density at radius 1 is 1.26 bits per heavy atom. The van der Waals surface area contributed by atoms with Crippen LogP contribution in [0.3, 0.4) is 0 Å². The van der Waals surface area contributed by atoms with Crippen molar-refractivity contribution < 1.29 is 13.2 Å². The summed E-state index contributed by atoms with van der Waals surface area (Å²) in [4.78, 5) is 13.6. The zero-order chi connectivity index (χ0) is 13.9. The van der Waals surface area contributed by atoms with E-state index in [9.17, 15) is 13.2 Å². The van der Waals surface area contributed by atoms with Gasteiger partial charge >= 0.3 is 0 Å². The van der Waals surface area contributed by atoms with Crippen molar-refractivity contribution in [3.8, 4) is 0 Å². The van der Waals surface area contributed by atoms with E-state index in [2.05, 4.69) is 0 Å². The summed E-state index contributed by atoms with van der Waals surface area (Å²) in [7, 11) is -3.37. The maximum Gasteiger partial charge on any atom is 0.238 e. The Kier molecular flexibility index (Phi) is 4.21. The molecule has 1 amide bonds. The predicted octanol–water partition coefficient (Wildman–Crippen LogP) is -0.0552. The number of nitrogens with two attached hydrogens (primary N) is 1. The van der Waals surface area contributed by atoms with Gasteiger partial charge in [-0.1, -0.05) is 24.3 Å². The van der Waals surface area contributed by atoms with Gasteiger partial charge in [0.25, 0.3) is 0 Å². The summed E-state index contributed by atoms with van der Waals surface area (Å²) in [6, 6.07) is 7.92. The van der Waals surface area contributed by atoms with Gasteiger partial charge in [-0.2, -0.15) is 0 Å². The summed E-state index contributed by atoms with van der Waals surface area (Å²) in [6.45, 7) is 1.12. The summed E-state index contributed by atoms with van der Waals surface area (Å²) in [5.41, 5.74) is 7.56. The molecule has 104 valence electrons. The smallest absolute Gasteiger partial charge is 0.238 e. The predicted molar refractivity (Wildman–Crippen MR) is 73.3 cm³/mol. The number of carbonyl (C=O) groups excluding carboxylic acids is 1. The van der Waals surface area contributed by atoms with Crippen LogP contribution in [0.2, 0.25) is 0 Å². The zero-order valence-electron chi connectivity index (χ0n) is 10.7. The largest absolute Gasteiger partial charge is 0.337 e. The molecule has 2 rings (SSSR count). The van der Waals surface area contributed by atoms with E-state index >= 15 is 0 Å². The Bertz CT molecular complexity index is 569. The van der Waals surface area contributed by atoms with E-state index in [4.69, 9.17) is 5.73 Å². The summed E-state index contributed by atoms with van der Waals surface area (Å²) >= 11 is 0. The number of rotatable bonds is 4. The summed E-state index contributed by atoms with van der Waals surface area (Å²) in [5.74, 6) is -0.904. The molecule has 6 heteroatoms. The monoisotopic (exact) mass is 282 g/mol. The quantitative estimate of drug-likeness (QED) is 0.839. The van der Waals surface area contributed by atoms with Gasteiger partial charge in [0.2, 0.25) is 5.91 Å². The van der Waals surface area contributed by atoms with Crippen LogP contribution in [-0.2, 0) is 27.6 Å². The molecule has 0 bridgehead atoms. The first-order valence-corrected chi connectivity index (χ1v) is 8.09. The molecule has 0 fully saturated rings. The molecular formula is C13H18N2O3S. The third-order valence-corrected chi connectivity index (χ3v) is 4.80. The van der Waals surface area contributed by atoms with Crippen molar-refractivity contribution in [2.24, 2.45) is 5.73 Å². The van der Waals surface area contributed by atoms with Gasteiger partial charge in [0.05, 0.1) is 5.75 Å². The van der Waals surface area contributed by atoms with E-state index in [1.165, 1.54) is 5.56 Å². The highest BCUT2D eigenvalue weighted by Gasteiger charge is 2.24. The molecule has 1 aromatic carbocycles. The molecule has 0 atom stereocenters. The van der Waals surface area contributed by atoms with Crippen LogP contribution in [-0.4, -0.2) is 43.8 Å². The van der Waals surface area contributed by atoms with Gasteiger partial charge in [0, 0.05) is 19.6 Å². The fourth-order valence-electron chi connectivity index (χ4n) is 2.24. The highest BCUT2D eigenvalue weighted by Crippen LogP contribution is 2.18. The Morgan fingerprint density at radius 2 is 1.95 bits per heavy atom. The Labute approximate surface area is 113 Å². The van der Waals surface area contributed by atoms with Gasteiger partial charge in [-0.05, 0) is 17.5 Å². The Balaban J connectivity index is 2.03. The molecule has 19 heavy (non-hydrogen) atoms. The number of nitrogens with zero attached hydrogens (tertiary/aromatic N) is 1. The van der Waals surface area contributed by atoms with E-state index in [1.807, 2.05) is 24.3 Å². The van der Waals surface area contributed by atoms with Gasteiger partial charge in [-0.15, -0.1) is 0 Å². The van der Waals surface area contributed by atoms with Crippen molar-refractivity contribution in [3.05, 3.63) is 35.4 Å². The van der Waals surface area contributed by atoms with Crippen molar-refractivity contribution in [1.29, 1.82) is 0 Å². The minimum atomic E-state index is -3.37. The van der Waals surface area contributed by atoms with E-state index in [-0.39, 0.29) is 18.2 Å². The van der Waals surface area contributed by atoms with Crippen LogP contribution in [0.1, 0.15) is 11.1 Å². The van der Waals surface area contributed by atoms with Crippen LogP contribution in [0.25, 0.3) is 0 Å². The second kappa shape index (κ2) is 5.71. The van der Waals surface area contributed by atoms with Gasteiger partial charge in [-0.25, -0.2) is 8.42 Å². The zero-order valence-corrected chi connectivity index (χ0v) is 11.5. The lowest BCUT2D eigenvalue weighted by Crippen LogP contribution is -2.40. The van der Waals surface area contributed by atoms with Gasteiger partial charge in [-0.3, -0.25) is 4.79 Å². The molecule has 5 nitrogen and oxygen atoms in total. The molecule has 1 aromatic rings. The minimum Gasteiger partial charge on any atom is -0.337 e. The average molecular weight is 282 g/mol. The number of fused-ring (bicyclic) bond motifs is 1. The van der Waals surface area contributed by atoms with Crippen molar-refractivity contribution in [3.63, 3.8) is 0 Å². The van der Waals surface area contributed by atoms with Crippen molar-refractivity contribution >= 4 is 15.7 Å². The SMILES string of the molecule is NCCS(=O)(=O)CC(=O)N1CCc2ccccc2C1. The van der Waals surface area contributed by atoms with E-state index < -0.39 is 15.6 Å². The summed E-state index contributed by atoms with van der Waals surface area (Å²) < 4.78 is 23.2. The maximum absolute atomic E-state index is 12.0. The number of sulfone groups is 1. The topological polar surface area (TPSA) is 80.5 Å². The molecule has 1 aliphatic rings. The first kappa shape index (κ1) is 14.0. The third-order valence-electron chi connectivity index (χ3n) is 3.26. The molecule has 0 aromatic heterocycles. The Hall–Kier alpha value is -1.40. The lowest BCUT2D eigenvalue weighted by molar-refractivity contribution is -0.129. The second-order valence-corrected chi connectivity index (χ2v) is 6.90. The first-order chi connectivity index (χ1) is 9.02. The molecule has 0 aliphatic carbocycles. The average Bonchev–Trinajstić information content (AvgIpc) is 2.37. The number of amides is 1. The lowest BCUT2D eigenvalue weighted by Gasteiger charge is -2.28. The summed E-state index contributed by atoms with van der Waals surface area (Å²) in [6.07, 6.45) is 0.777. The lowest BCUT2D eigenvalue weighted by atomic mass is 10.00. The van der Waals surface area contributed by atoms with Crippen LogP contribution >= 0.6 is 0 Å². The Morgan fingerprint density at radius 3 is 2.63 bits per heavy atom. The maximum atomic E-state index is 12.0. The first-order valence-electron chi connectivity index (χ1n) is 6.27. The van der Waals surface area contributed by atoms with Crippen LogP contribution in [0.15, 0.2) is 24.3 Å². The molecule has 2 N–H and O–H groups in total. The number of hydrogen-bond donors (Lipinski definition) is 1. The molecule has 1 heterocycles. The van der Waals surface area contributed by atoms with Gasteiger partial charge in [0.1, 0.15) is 5.75 Å². The van der Waals surface area contributed by atoms with E-state index in [1.54, 1.807) is 4.90 Å². The molecule has 0 spiro atoms. The highest BCUT2D eigenvalue weighted by atomic mass is 32.2. The number of carbonyl (C=O) groups is 1.